The van der Waals surface area contributed by atoms with E-state index in [0.29, 0.717) is 28.3 Å². The first kappa shape index (κ1) is 19.1. The van der Waals surface area contributed by atoms with E-state index in [1.54, 1.807) is 24.3 Å². The number of imidazole rings is 1. The molecule has 0 aliphatic heterocycles. The van der Waals surface area contributed by atoms with Crippen LogP contribution in [0.3, 0.4) is 0 Å². The van der Waals surface area contributed by atoms with Gasteiger partial charge in [-0.05, 0) is 37.3 Å². The van der Waals surface area contributed by atoms with Crippen LogP contribution in [0.5, 0.6) is 5.75 Å². The van der Waals surface area contributed by atoms with Gasteiger partial charge in [-0.15, -0.1) is 0 Å². The van der Waals surface area contributed by atoms with Crippen LogP contribution in [0.2, 0.25) is 0 Å². The van der Waals surface area contributed by atoms with Crippen molar-refractivity contribution >= 4 is 28.3 Å². The number of non-ortho nitro benzene ring substituents is 1. The summed E-state index contributed by atoms with van der Waals surface area (Å²) < 4.78 is 5.61. The molecule has 0 saturated carbocycles. The number of nitro benzene ring substituents is 1. The summed E-state index contributed by atoms with van der Waals surface area (Å²) in [7, 11) is 0. The number of H-pyrrole nitrogens is 1. The maximum absolute atomic E-state index is 12.1. The average molecular weight is 402 g/mol. The molecule has 1 aromatic heterocycles. The van der Waals surface area contributed by atoms with Crippen LogP contribution in [0, 0.1) is 17.0 Å². The monoisotopic (exact) mass is 402 g/mol. The number of carbonyl (C=O) groups is 1. The molecule has 8 nitrogen and oxygen atoms in total. The van der Waals surface area contributed by atoms with Crippen molar-refractivity contribution in [1.82, 2.24) is 9.97 Å². The second-order valence-electron chi connectivity index (χ2n) is 6.77. The van der Waals surface area contributed by atoms with Crippen LogP contribution in [0.4, 0.5) is 11.4 Å². The number of anilines is 1. The summed E-state index contributed by atoms with van der Waals surface area (Å²) in [5.41, 5.74) is 3.75. The molecular weight excluding hydrogens is 384 g/mol. The number of amides is 1. The zero-order valence-electron chi connectivity index (χ0n) is 16.1. The van der Waals surface area contributed by atoms with Crippen molar-refractivity contribution in [3.05, 3.63) is 82.4 Å². The Morgan fingerprint density at radius 1 is 1.13 bits per heavy atom. The number of nitro groups is 1. The summed E-state index contributed by atoms with van der Waals surface area (Å²) in [5.74, 6) is 0.804. The lowest BCUT2D eigenvalue weighted by atomic mass is 10.2. The Balaban J connectivity index is 1.46. The number of hydrogen-bond donors (Lipinski definition) is 2. The zero-order chi connectivity index (χ0) is 21.1. The van der Waals surface area contributed by atoms with Crippen LogP contribution in [-0.4, -0.2) is 27.4 Å². The SMILES string of the molecule is Cc1ccc(NC(=O)COc2cccc(-c3nc4ccc([N+](=O)[O-])cc4[nH]3)c2)cc1. The van der Waals surface area contributed by atoms with E-state index in [1.165, 1.54) is 12.1 Å². The molecule has 30 heavy (non-hydrogen) atoms. The average Bonchev–Trinajstić information content (AvgIpc) is 3.17. The Labute approximate surface area is 171 Å². The molecule has 1 heterocycles. The fourth-order valence-electron chi connectivity index (χ4n) is 2.96. The van der Waals surface area contributed by atoms with Gasteiger partial charge in [-0.3, -0.25) is 14.9 Å². The van der Waals surface area contributed by atoms with E-state index in [-0.39, 0.29) is 18.2 Å². The Morgan fingerprint density at radius 3 is 2.70 bits per heavy atom. The molecule has 4 rings (SSSR count). The summed E-state index contributed by atoms with van der Waals surface area (Å²) in [4.78, 5) is 30.2. The van der Waals surface area contributed by atoms with E-state index < -0.39 is 4.92 Å². The normalized spacial score (nSPS) is 10.7. The van der Waals surface area contributed by atoms with Gasteiger partial charge < -0.3 is 15.0 Å². The fourth-order valence-corrected chi connectivity index (χ4v) is 2.96. The summed E-state index contributed by atoms with van der Waals surface area (Å²) in [6, 6.07) is 19.1. The Morgan fingerprint density at radius 2 is 1.93 bits per heavy atom. The highest BCUT2D eigenvalue weighted by atomic mass is 16.6. The second-order valence-corrected chi connectivity index (χ2v) is 6.77. The highest BCUT2D eigenvalue weighted by Crippen LogP contribution is 2.26. The highest BCUT2D eigenvalue weighted by Gasteiger charge is 2.11. The quantitative estimate of drug-likeness (QED) is 0.365. The molecular formula is C22H18N4O4. The van der Waals surface area contributed by atoms with Crippen molar-refractivity contribution in [2.75, 3.05) is 11.9 Å². The van der Waals surface area contributed by atoms with E-state index in [9.17, 15) is 14.9 Å². The molecule has 0 aliphatic carbocycles. The number of nitrogens with one attached hydrogen (secondary N) is 2. The maximum Gasteiger partial charge on any atom is 0.271 e. The van der Waals surface area contributed by atoms with Crippen LogP contribution in [0.25, 0.3) is 22.4 Å². The number of ether oxygens (including phenoxy) is 1. The number of rotatable bonds is 6. The summed E-state index contributed by atoms with van der Waals surface area (Å²) in [5, 5.41) is 13.7. The number of aryl methyl sites for hydroxylation is 1. The predicted molar refractivity (Wildman–Crippen MR) is 113 cm³/mol. The predicted octanol–water partition coefficient (Wildman–Crippen LogP) is 4.46. The summed E-state index contributed by atoms with van der Waals surface area (Å²) in [6.07, 6.45) is 0. The molecule has 0 fully saturated rings. The van der Waals surface area contributed by atoms with Crippen molar-refractivity contribution in [2.45, 2.75) is 6.92 Å². The van der Waals surface area contributed by atoms with Crippen LogP contribution in [-0.2, 0) is 4.79 Å². The molecule has 150 valence electrons. The van der Waals surface area contributed by atoms with Gasteiger partial charge in [0.1, 0.15) is 11.6 Å². The van der Waals surface area contributed by atoms with Crippen molar-refractivity contribution in [3.63, 3.8) is 0 Å². The van der Waals surface area contributed by atoms with E-state index in [2.05, 4.69) is 15.3 Å². The van der Waals surface area contributed by atoms with Gasteiger partial charge >= 0.3 is 0 Å². The fraction of sp³-hybridized carbons (Fsp3) is 0.0909. The minimum absolute atomic E-state index is 0.00521. The molecule has 4 aromatic rings. The number of hydrogen-bond acceptors (Lipinski definition) is 5. The van der Waals surface area contributed by atoms with Gasteiger partial charge in [0, 0.05) is 23.4 Å². The minimum Gasteiger partial charge on any atom is -0.484 e. The molecule has 0 spiro atoms. The minimum atomic E-state index is -0.448. The lowest BCUT2D eigenvalue weighted by molar-refractivity contribution is -0.384. The molecule has 1 amide bonds. The number of nitrogens with zero attached hydrogens (tertiary/aromatic N) is 2. The third-order valence-electron chi connectivity index (χ3n) is 4.49. The third-order valence-corrected chi connectivity index (χ3v) is 4.49. The Hall–Kier alpha value is -4.20. The number of carbonyl (C=O) groups excluding carboxylic acids is 1. The number of aromatic nitrogens is 2. The highest BCUT2D eigenvalue weighted by molar-refractivity contribution is 5.91. The molecule has 0 atom stereocenters. The second kappa shape index (κ2) is 8.04. The molecule has 0 unspecified atom stereocenters. The standard InChI is InChI=1S/C22H18N4O4/c1-14-5-7-16(8-6-14)23-21(27)13-30-18-4-2-3-15(11-18)22-24-19-10-9-17(26(28)29)12-20(19)25-22/h2-12H,13H2,1H3,(H,23,27)(H,24,25). The molecule has 3 aromatic carbocycles. The first-order chi connectivity index (χ1) is 14.5. The van der Waals surface area contributed by atoms with Crippen LogP contribution >= 0.6 is 0 Å². The molecule has 8 heteroatoms. The molecule has 0 aliphatic rings. The molecule has 0 bridgehead atoms. The molecule has 0 saturated heterocycles. The van der Waals surface area contributed by atoms with Crippen molar-refractivity contribution in [1.29, 1.82) is 0 Å². The number of aromatic amines is 1. The number of benzene rings is 3. The van der Waals surface area contributed by atoms with Gasteiger partial charge in [-0.2, -0.15) is 0 Å². The lowest BCUT2D eigenvalue weighted by Crippen LogP contribution is -2.20. The van der Waals surface area contributed by atoms with E-state index in [0.717, 1.165) is 11.1 Å². The van der Waals surface area contributed by atoms with Gasteiger partial charge in [0.25, 0.3) is 11.6 Å². The Bertz CT molecular complexity index is 1230. The topological polar surface area (TPSA) is 110 Å². The first-order valence-electron chi connectivity index (χ1n) is 9.22. The summed E-state index contributed by atoms with van der Waals surface area (Å²) in [6.45, 7) is 1.84. The van der Waals surface area contributed by atoms with E-state index in [1.807, 2.05) is 37.3 Å². The summed E-state index contributed by atoms with van der Waals surface area (Å²) >= 11 is 0. The van der Waals surface area contributed by atoms with Gasteiger partial charge in [-0.1, -0.05) is 29.8 Å². The third kappa shape index (κ3) is 4.27. The number of fused-ring (bicyclic) bond motifs is 1. The smallest absolute Gasteiger partial charge is 0.271 e. The molecule has 2 N–H and O–H groups in total. The molecule has 0 radical (unpaired) electrons. The van der Waals surface area contributed by atoms with Gasteiger partial charge in [0.2, 0.25) is 0 Å². The Kier molecular flexibility index (Phi) is 5.13. The zero-order valence-corrected chi connectivity index (χ0v) is 16.1. The van der Waals surface area contributed by atoms with E-state index >= 15 is 0 Å². The van der Waals surface area contributed by atoms with Gasteiger partial charge in [-0.25, -0.2) is 4.98 Å². The van der Waals surface area contributed by atoms with Crippen molar-refractivity contribution in [2.24, 2.45) is 0 Å². The first-order valence-corrected chi connectivity index (χ1v) is 9.22. The lowest BCUT2D eigenvalue weighted by Gasteiger charge is -2.08. The van der Waals surface area contributed by atoms with Crippen LogP contribution in [0.15, 0.2) is 66.7 Å². The largest absolute Gasteiger partial charge is 0.484 e. The van der Waals surface area contributed by atoms with Crippen molar-refractivity contribution in [3.8, 4) is 17.1 Å². The van der Waals surface area contributed by atoms with Gasteiger partial charge in [0.05, 0.1) is 16.0 Å². The van der Waals surface area contributed by atoms with Gasteiger partial charge in [0.15, 0.2) is 6.61 Å². The van der Waals surface area contributed by atoms with E-state index in [4.69, 9.17) is 4.74 Å². The van der Waals surface area contributed by atoms with Crippen LogP contribution < -0.4 is 10.1 Å². The maximum atomic E-state index is 12.1. The van der Waals surface area contributed by atoms with Crippen LogP contribution in [0.1, 0.15) is 5.56 Å². The van der Waals surface area contributed by atoms with Crippen molar-refractivity contribution < 1.29 is 14.5 Å².